The third-order valence-corrected chi connectivity index (χ3v) is 5.02. The first-order valence-corrected chi connectivity index (χ1v) is 10.3. The highest BCUT2D eigenvalue weighted by Gasteiger charge is 2.24. The first-order valence-electron chi connectivity index (χ1n) is 10.3. The van der Waals surface area contributed by atoms with Crippen molar-refractivity contribution in [3.8, 4) is 0 Å². The second-order valence-corrected chi connectivity index (χ2v) is 7.58. The highest BCUT2D eigenvalue weighted by Crippen LogP contribution is 2.18. The van der Waals surface area contributed by atoms with Crippen molar-refractivity contribution in [2.45, 2.75) is 51.7 Å². The van der Waals surface area contributed by atoms with Gasteiger partial charge >= 0.3 is 11.7 Å². The molecule has 0 spiro atoms. The summed E-state index contributed by atoms with van der Waals surface area (Å²) < 4.78 is 8.30. The number of aryl methyl sites for hydroxylation is 2. The van der Waals surface area contributed by atoms with Crippen molar-refractivity contribution in [1.82, 2.24) is 19.4 Å². The summed E-state index contributed by atoms with van der Waals surface area (Å²) in [5, 5.41) is 2.80. The number of nitrogens with zero attached hydrogens (tertiary/aromatic N) is 3. The highest BCUT2D eigenvalue weighted by atomic mass is 16.5. The molecule has 1 saturated carbocycles. The summed E-state index contributed by atoms with van der Waals surface area (Å²) in [7, 11) is 1.49. The van der Waals surface area contributed by atoms with Crippen molar-refractivity contribution in [3.63, 3.8) is 0 Å². The number of carbonyl (C=O) groups excluding carboxylic acids is 3. The number of benzene rings is 1. The molecule has 1 N–H and O–H groups in total. The molecule has 0 saturated heterocycles. The number of fused-ring (bicyclic) bond motifs is 1. The summed E-state index contributed by atoms with van der Waals surface area (Å²) in [6.07, 6.45) is 2.74. The number of aromatic nitrogens is 2. The summed E-state index contributed by atoms with van der Waals surface area (Å²) in [6.45, 7) is 2.27. The Hall–Kier alpha value is -3.10. The number of imidazole rings is 1. The minimum Gasteiger partial charge on any atom is -0.456 e. The number of likely N-dealkylation sites (N-methyl/N-ethyl adjacent to an activating group) is 1. The Bertz CT molecular complexity index is 989. The van der Waals surface area contributed by atoms with E-state index in [0.717, 1.165) is 30.3 Å². The fraction of sp³-hybridized carbons (Fsp3) is 0.524. The van der Waals surface area contributed by atoms with E-state index < -0.39 is 18.5 Å². The lowest BCUT2D eigenvalue weighted by atomic mass is 10.3. The van der Waals surface area contributed by atoms with Crippen LogP contribution in [0, 0.1) is 0 Å². The second-order valence-electron chi connectivity index (χ2n) is 7.58. The molecule has 1 aliphatic rings. The lowest BCUT2D eigenvalue weighted by molar-refractivity contribution is -0.152. The topological polar surface area (TPSA) is 103 Å². The molecule has 1 heterocycles. The standard InChI is InChI=1S/C21H28N4O5/c1-3-11-24-16-6-4-5-7-17(16)25(21(24)29)12-10-20(28)30-14-19(27)23(2)13-18(26)22-15-8-9-15/h4-7,15H,3,8-14H2,1-2H3,(H,22,26). The second kappa shape index (κ2) is 9.60. The number of para-hydroxylation sites is 2. The van der Waals surface area contributed by atoms with Crippen molar-refractivity contribution in [3.05, 3.63) is 34.7 Å². The molecule has 0 unspecified atom stereocenters. The molecule has 9 nitrogen and oxygen atoms in total. The molecule has 0 radical (unpaired) electrons. The lowest BCUT2D eigenvalue weighted by Gasteiger charge is -2.16. The van der Waals surface area contributed by atoms with Crippen LogP contribution >= 0.6 is 0 Å². The van der Waals surface area contributed by atoms with E-state index in [0.29, 0.717) is 6.54 Å². The third kappa shape index (κ3) is 5.28. The Kier molecular flexibility index (Phi) is 6.91. The molecule has 162 valence electrons. The molecule has 3 rings (SSSR count). The van der Waals surface area contributed by atoms with Crippen LogP contribution < -0.4 is 11.0 Å². The zero-order chi connectivity index (χ0) is 21.7. The quantitative estimate of drug-likeness (QED) is 0.580. The number of hydrogen-bond acceptors (Lipinski definition) is 5. The fourth-order valence-electron chi connectivity index (χ4n) is 3.26. The zero-order valence-corrected chi connectivity index (χ0v) is 17.4. The molecule has 1 aromatic heterocycles. The number of ether oxygens (including phenoxy) is 1. The van der Waals surface area contributed by atoms with E-state index in [4.69, 9.17) is 4.74 Å². The van der Waals surface area contributed by atoms with E-state index in [1.165, 1.54) is 11.9 Å². The number of nitrogens with one attached hydrogen (secondary N) is 1. The van der Waals surface area contributed by atoms with E-state index in [9.17, 15) is 19.2 Å². The first-order chi connectivity index (χ1) is 14.4. The summed E-state index contributed by atoms with van der Waals surface area (Å²) in [5.41, 5.74) is 1.43. The number of esters is 1. The lowest BCUT2D eigenvalue weighted by Crippen LogP contribution is -2.40. The van der Waals surface area contributed by atoms with Gasteiger partial charge in [-0.15, -0.1) is 0 Å². The van der Waals surface area contributed by atoms with Gasteiger partial charge in [-0.25, -0.2) is 4.79 Å². The van der Waals surface area contributed by atoms with Crippen molar-refractivity contribution in [2.75, 3.05) is 20.2 Å². The van der Waals surface area contributed by atoms with Gasteiger partial charge in [0.2, 0.25) is 5.91 Å². The van der Waals surface area contributed by atoms with Gasteiger partial charge in [-0.05, 0) is 31.4 Å². The number of carbonyl (C=O) groups is 3. The van der Waals surface area contributed by atoms with Gasteiger partial charge in [0.05, 0.1) is 24.0 Å². The van der Waals surface area contributed by atoms with Gasteiger partial charge in [0, 0.05) is 26.2 Å². The maximum Gasteiger partial charge on any atom is 0.329 e. The molecule has 2 amide bonds. The van der Waals surface area contributed by atoms with Gasteiger partial charge in [0.25, 0.3) is 5.91 Å². The van der Waals surface area contributed by atoms with E-state index in [1.54, 1.807) is 9.13 Å². The van der Waals surface area contributed by atoms with Crippen molar-refractivity contribution in [2.24, 2.45) is 0 Å². The molecule has 1 fully saturated rings. The minimum atomic E-state index is -0.571. The molecular formula is C21H28N4O5. The monoisotopic (exact) mass is 416 g/mol. The van der Waals surface area contributed by atoms with Crippen molar-refractivity contribution in [1.29, 1.82) is 0 Å². The summed E-state index contributed by atoms with van der Waals surface area (Å²) in [6, 6.07) is 7.68. The molecule has 0 atom stereocenters. The van der Waals surface area contributed by atoms with Gasteiger partial charge in [0.1, 0.15) is 0 Å². The van der Waals surface area contributed by atoms with Crippen LogP contribution in [0.15, 0.2) is 29.1 Å². The smallest absolute Gasteiger partial charge is 0.329 e. The van der Waals surface area contributed by atoms with E-state index in [2.05, 4.69) is 5.32 Å². The van der Waals surface area contributed by atoms with E-state index in [1.807, 2.05) is 31.2 Å². The van der Waals surface area contributed by atoms with Crippen LogP contribution in [0.5, 0.6) is 0 Å². The van der Waals surface area contributed by atoms with E-state index >= 15 is 0 Å². The van der Waals surface area contributed by atoms with Crippen LogP contribution in [-0.4, -0.2) is 58.1 Å². The van der Waals surface area contributed by atoms with Gasteiger partial charge < -0.3 is 15.0 Å². The fourth-order valence-corrected chi connectivity index (χ4v) is 3.26. The Morgan fingerprint density at radius 2 is 1.77 bits per heavy atom. The molecule has 0 aliphatic heterocycles. The molecule has 2 aromatic rings. The largest absolute Gasteiger partial charge is 0.456 e. The summed E-state index contributed by atoms with van der Waals surface area (Å²) in [4.78, 5) is 49.9. The summed E-state index contributed by atoms with van der Waals surface area (Å²) in [5.74, 6) is -1.24. The van der Waals surface area contributed by atoms with Crippen LogP contribution in [0.1, 0.15) is 32.6 Å². The van der Waals surface area contributed by atoms with Crippen LogP contribution in [0.3, 0.4) is 0 Å². The maximum atomic E-state index is 12.7. The highest BCUT2D eigenvalue weighted by molar-refractivity contribution is 5.86. The van der Waals surface area contributed by atoms with Crippen LogP contribution in [0.25, 0.3) is 11.0 Å². The van der Waals surface area contributed by atoms with Gasteiger partial charge in [0.15, 0.2) is 6.61 Å². The normalized spacial score (nSPS) is 13.3. The Morgan fingerprint density at radius 1 is 1.13 bits per heavy atom. The van der Waals surface area contributed by atoms with Crippen LogP contribution in [0.2, 0.25) is 0 Å². The van der Waals surface area contributed by atoms with Crippen molar-refractivity contribution >= 4 is 28.8 Å². The molecule has 9 heteroatoms. The molecule has 1 aromatic carbocycles. The van der Waals surface area contributed by atoms with Gasteiger partial charge in [-0.3, -0.25) is 23.5 Å². The van der Waals surface area contributed by atoms with E-state index in [-0.39, 0.29) is 37.1 Å². The average molecular weight is 416 g/mol. The molecular weight excluding hydrogens is 388 g/mol. The van der Waals surface area contributed by atoms with Gasteiger partial charge in [-0.1, -0.05) is 19.1 Å². The number of hydrogen-bond donors (Lipinski definition) is 1. The summed E-state index contributed by atoms with van der Waals surface area (Å²) >= 11 is 0. The zero-order valence-electron chi connectivity index (χ0n) is 17.4. The Morgan fingerprint density at radius 3 is 2.37 bits per heavy atom. The Balaban J connectivity index is 1.51. The Labute approximate surface area is 174 Å². The average Bonchev–Trinajstić information content (AvgIpc) is 3.49. The van der Waals surface area contributed by atoms with Crippen LogP contribution in [-0.2, 0) is 32.2 Å². The first kappa shape index (κ1) is 21.6. The molecule has 30 heavy (non-hydrogen) atoms. The van der Waals surface area contributed by atoms with Gasteiger partial charge in [-0.2, -0.15) is 0 Å². The van der Waals surface area contributed by atoms with Crippen molar-refractivity contribution < 1.29 is 19.1 Å². The predicted octanol–water partition coefficient (Wildman–Crippen LogP) is 0.883. The third-order valence-electron chi connectivity index (χ3n) is 5.02. The number of amides is 2. The SMILES string of the molecule is CCCn1c(=O)n(CCC(=O)OCC(=O)N(C)CC(=O)NC2CC2)c2ccccc21. The van der Waals surface area contributed by atoms with Crippen LogP contribution in [0.4, 0.5) is 0 Å². The maximum absolute atomic E-state index is 12.7. The molecule has 1 aliphatic carbocycles. The predicted molar refractivity (Wildman–Crippen MR) is 111 cm³/mol. The minimum absolute atomic E-state index is 0.0286. The number of rotatable bonds is 10. The molecule has 0 bridgehead atoms.